The van der Waals surface area contributed by atoms with Gasteiger partial charge in [-0.15, -0.1) is 11.6 Å². The monoisotopic (exact) mass is 596 g/mol. The van der Waals surface area contributed by atoms with Crippen LogP contribution in [-0.4, -0.2) is 77.5 Å². The Balaban J connectivity index is 1.89. The van der Waals surface area contributed by atoms with E-state index in [1.165, 1.54) is 13.0 Å². The van der Waals surface area contributed by atoms with Crippen LogP contribution in [-0.2, 0) is 28.6 Å². The molecule has 2 rings (SSSR count). The fraction of sp³-hybridized carbons (Fsp3) is 0.710. The first-order valence-electron chi connectivity index (χ1n) is 14.7. The lowest BCUT2D eigenvalue weighted by Crippen LogP contribution is -2.50. The molecule has 2 aliphatic rings. The van der Waals surface area contributed by atoms with Crippen molar-refractivity contribution < 1.29 is 33.7 Å². The molecule has 0 spiro atoms. The Labute approximate surface area is 250 Å². The molecule has 1 unspecified atom stereocenters. The van der Waals surface area contributed by atoms with Gasteiger partial charge < -0.3 is 30.0 Å². The molecule has 0 aliphatic carbocycles. The van der Waals surface area contributed by atoms with Crippen LogP contribution in [0.4, 0.5) is 0 Å². The highest BCUT2D eigenvalue weighted by atomic mass is 35.5. The molecule has 2 saturated heterocycles. The van der Waals surface area contributed by atoms with Gasteiger partial charge in [0.25, 0.3) is 0 Å². The number of alkyl halides is 1. The van der Waals surface area contributed by atoms with Crippen LogP contribution < -0.4 is 10.6 Å². The van der Waals surface area contributed by atoms with E-state index in [0.29, 0.717) is 19.4 Å². The number of ether oxygens (including phenoxy) is 3. The number of amides is 2. The maximum atomic E-state index is 12.4. The molecule has 8 atom stereocenters. The maximum Gasteiger partial charge on any atom is 0.303 e. The Morgan fingerprint density at radius 1 is 1.17 bits per heavy atom. The minimum atomic E-state index is -1.08. The van der Waals surface area contributed by atoms with E-state index in [0.717, 1.165) is 24.8 Å². The molecular formula is C31H49ClN2O7. The van der Waals surface area contributed by atoms with Gasteiger partial charge in [-0.1, -0.05) is 37.6 Å². The minimum absolute atomic E-state index is 0.0133. The first kappa shape index (κ1) is 35.0. The van der Waals surface area contributed by atoms with Crippen molar-refractivity contribution in [3.63, 3.8) is 0 Å². The van der Waals surface area contributed by atoms with E-state index < -0.39 is 23.8 Å². The summed E-state index contributed by atoms with van der Waals surface area (Å²) in [6.45, 7) is 11.7. The van der Waals surface area contributed by atoms with Crippen molar-refractivity contribution in [2.75, 3.05) is 12.4 Å². The number of nitrogens with one attached hydrogen (secondary N) is 2. The molecule has 0 aromatic rings. The zero-order valence-electron chi connectivity index (χ0n) is 25.4. The van der Waals surface area contributed by atoms with Gasteiger partial charge in [-0.2, -0.15) is 0 Å². The summed E-state index contributed by atoms with van der Waals surface area (Å²) in [4.78, 5) is 35.6. The Morgan fingerprint density at radius 3 is 2.56 bits per heavy atom. The standard InChI is InChI=1S/C31H49ClN2O7/c1-7-14-33-30(37)16-26-18-31(38,19-32)17-25(41-26)11-8-20(2)9-12-28-21(3)15-27(23(5)40-28)34-29(36)13-10-22(4)39-24(6)35/h8-11,13,21-23,25-28,38H,7,12,14-19H2,1-6H3,(H,33,37)(H,34,36)/t21-,22?,23+,25+,26+,27+,28-,31+/m0/s1. The fourth-order valence-electron chi connectivity index (χ4n) is 5.21. The molecule has 2 amide bonds. The molecule has 232 valence electrons. The van der Waals surface area contributed by atoms with E-state index in [4.69, 9.17) is 25.8 Å². The number of allylic oxidation sites excluding steroid dienone is 2. The molecule has 3 N–H and O–H groups in total. The highest BCUT2D eigenvalue weighted by Crippen LogP contribution is 2.32. The van der Waals surface area contributed by atoms with Crippen molar-refractivity contribution in [3.05, 3.63) is 36.0 Å². The number of carbonyl (C=O) groups excluding carboxylic acids is 3. The van der Waals surface area contributed by atoms with Crippen LogP contribution in [0.15, 0.2) is 36.0 Å². The van der Waals surface area contributed by atoms with Gasteiger partial charge in [0.1, 0.15) is 6.10 Å². The second kappa shape index (κ2) is 17.0. The average molecular weight is 597 g/mol. The van der Waals surface area contributed by atoms with Crippen LogP contribution in [0.5, 0.6) is 0 Å². The lowest BCUT2D eigenvalue weighted by atomic mass is 9.87. The predicted molar refractivity (Wildman–Crippen MR) is 159 cm³/mol. The largest absolute Gasteiger partial charge is 0.459 e. The number of carbonyl (C=O) groups is 3. The number of esters is 1. The minimum Gasteiger partial charge on any atom is -0.459 e. The van der Waals surface area contributed by atoms with E-state index in [1.807, 2.05) is 32.9 Å². The van der Waals surface area contributed by atoms with Gasteiger partial charge >= 0.3 is 5.97 Å². The van der Waals surface area contributed by atoms with Crippen LogP contribution in [0.3, 0.4) is 0 Å². The zero-order chi connectivity index (χ0) is 30.6. The predicted octanol–water partition coefficient (Wildman–Crippen LogP) is 4.12. The molecule has 2 heterocycles. The third kappa shape index (κ3) is 12.7. The fourth-order valence-corrected chi connectivity index (χ4v) is 5.43. The van der Waals surface area contributed by atoms with Gasteiger partial charge in [-0.25, -0.2) is 0 Å². The number of hydrogen-bond acceptors (Lipinski definition) is 7. The summed E-state index contributed by atoms with van der Waals surface area (Å²) in [6, 6.07) is -0.117. The highest BCUT2D eigenvalue weighted by molar-refractivity contribution is 6.18. The number of hydrogen-bond donors (Lipinski definition) is 3. The molecular weight excluding hydrogens is 548 g/mol. The molecule has 9 nitrogen and oxygen atoms in total. The van der Waals surface area contributed by atoms with Crippen molar-refractivity contribution in [1.82, 2.24) is 10.6 Å². The van der Waals surface area contributed by atoms with Crippen molar-refractivity contribution >= 4 is 29.4 Å². The first-order valence-corrected chi connectivity index (χ1v) is 15.2. The average Bonchev–Trinajstić information content (AvgIpc) is 2.90. The van der Waals surface area contributed by atoms with Crippen LogP contribution in [0.2, 0.25) is 0 Å². The lowest BCUT2D eigenvalue weighted by molar-refractivity contribution is -0.143. The van der Waals surface area contributed by atoms with Gasteiger partial charge in [-0.3, -0.25) is 14.4 Å². The van der Waals surface area contributed by atoms with Gasteiger partial charge in [0.05, 0.1) is 48.4 Å². The maximum absolute atomic E-state index is 12.4. The summed E-state index contributed by atoms with van der Waals surface area (Å²) in [6.07, 6.45) is 10.9. The van der Waals surface area contributed by atoms with E-state index in [1.54, 1.807) is 13.0 Å². The van der Waals surface area contributed by atoms with Gasteiger partial charge in [0.2, 0.25) is 11.8 Å². The Bertz CT molecular complexity index is 968. The smallest absolute Gasteiger partial charge is 0.303 e. The SMILES string of the molecule is CCCNC(=O)C[C@@H]1C[C@@](O)(CCl)C[C@@H](C=CC(C)=CC[C@@H]2O[C@H](C)[C@H](NC(=O)C=CC(C)OC(C)=O)C[C@@H]2C)O1. The van der Waals surface area contributed by atoms with E-state index in [2.05, 4.69) is 23.6 Å². The van der Waals surface area contributed by atoms with Crippen molar-refractivity contribution in [3.8, 4) is 0 Å². The van der Waals surface area contributed by atoms with Gasteiger partial charge in [0.15, 0.2) is 0 Å². The molecule has 0 aromatic heterocycles. The molecule has 0 radical (unpaired) electrons. The molecule has 0 aromatic carbocycles. The van der Waals surface area contributed by atoms with Crippen molar-refractivity contribution in [2.24, 2.45) is 5.92 Å². The van der Waals surface area contributed by atoms with Crippen LogP contribution in [0.1, 0.15) is 80.1 Å². The normalized spacial score (nSPS) is 31.7. The lowest BCUT2D eigenvalue weighted by Gasteiger charge is -2.39. The summed E-state index contributed by atoms with van der Waals surface area (Å²) in [5.74, 6) is -0.408. The molecule has 41 heavy (non-hydrogen) atoms. The summed E-state index contributed by atoms with van der Waals surface area (Å²) < 4.78 is 17.4. The van der Waals surface area contributed by atoms with E-state index in [9.17, 15) is 19.5 Å². The quantitative estimate of drug-likeness (QED) is 0.126. The molecule has 0 bridgehead atoms. The second-order valence-electron chi connectivity index (χ2n) is 11.5. The molecule has 0 saturated carbocycles. The Kier molecular flexibility index (Phi) is 14.6. The summed E-state index contributed by atoms with van der Waals surface area (Å²) >= 11 is 6.08. The van der Waals surface area contributed by atoms with Crippen molar-refractivity contribution in [2.45, 2.75) is 122 Å². The molecule has 2 aliphatic heterocycles. The number of rotatable bonds is 13. The highest BCUT2D eigenvalue weighted by Gasteiger charge is 2.39. The molecule has 2 fully saturated rings. The summed E-state index contributed by atoms with van der Waals surface area (Å²) in [5, 5.41) is 16.8. The van der Waals surface area contributed by atoms with Crippen LogP contribution in [0, 0.1) is 5.92 Å². The van der Waals surface area contributed by atoms with Crippen LogP contribution in [0.25, 0.3) is 0 Å². The number of aliphatic hydroxyl groups is 1. The van der Waals surface area contributed by atoms with Gasteiger partial charge in [0, 0.05) is 32.4 Å². The topological polar surface area (TPSA) is 123 Å². The van der Waals surface area contributed by atoms with Crippen LogP contribution >= 0.6 is 11.6 Å². The van der Waals surface area contributed by atoms with Gasteiger partial charge in [-0.05, 0) is 52.0 Å². The third-order valence-electron chi connectivity index (χ3n) is 7.45. The van der Waals surface area contributed by atoms with E-state index >= 15 is 0 Å². The second-order valence-corrected chi connectivity index (χ2v) is 11.8. The third-order valence-corrected chi connectivity index (χ3v) is 7.95. The summed E-state index contributed by atoms with van der Waals surface area (Å²) in [7, 11) is 0. The summed E-state index contributed by atoms with van der Waals surface area (Å²) in [5.41, 5.74) is -0.0388. The number of halogens is 1. The Hall–Kier alpha value is -2.20. The van der Waals surface area contributed by atoms with Crippen molar-refractivity contribution in [1.29, 1.82) is 0 Å². The Morgan fingerprint density at radius 2 is 1.90 bits per heavy atom. The first-order chi connectivity index (χ1) is 19.3. The van der Waals surface area contributed by atoms with E-state index in [-0.39, 0.29) is 54.4 Å². The zero-order valence-corrected chi connectivity index (χ0v) is 26.1. The molecule has 10 heteroatoms.